The molecule has 0 unspecified atom stereocenters. The lowest BCUT2D eigenvalue weighted by molar-refractivity contribution is 0.123. The molecule has 0 atom stereocenters. The second-order valence-corrected chi connectivity index (χ2v) is 9.79. The number of pyridine rings is 1. The number of hydrogen-bond acceptors (Lipinski definition) is 4. The van der Waals surface area contributed by atoms with Crippen LogP contribution in [0.2, 0.25) is 5.15 Å². The highest BCUT2D eigenvalue weighted by Gasteiger charge is 2.26. The number of aryl methyl sites for hydroxylation is 1. The van der Waals surface area contributed by atoms with Gasteiger partial charge in [0.1, 0.15) is 5.15 Å². The van der Waals surface area contributed by atoms with E-state index >= 15 is 0 Å². The molecule has 2 fully saturated rings. The summed E-state index contributed by atoms with van der Waals surface area (Å²) in [6.45, 7) is 9.71. The molecule has 5 nitrogen and oxygen atoms in total. The van der Waals surface area contributed by atoms with Crippen LogP contribution in [0.15, 0.2) is 42.6 Å². The SMILES string of the molecule is CCn1c(C#CCNc2ccc(Cl)nc2)cc2c(CN3CCC(N4CCCC4)CC3)cccc21. The maximum Gasteiger partial charge on any atom is 0.129 e. The van der Waals surface area contributed by atoms with Gasteiger partial charge in [0, 0.05) is 30.0 Å². The highest BCUT2D eigenvalue weighted by Crippen LogP contribution is 2.27. The van der Waals surface area contributed by atoms with E-state index < -0.39 is 0 Å². The molecule has 2 aliphatic heterocycles. The average molecular weight is 476 g/mol. The molecule has 2 aliphatic rings. The Labute approximate surface area is 208 Å². The fraction of sp³-hybridized carbons (Fsp3) is 0.464. The Kier molecular flexibility index (Phi) is 7.39. The number of fused-ring (bicyclic) bond motifs is 1. The van der Waals surface area contributed by atoms with Crippen molar-refractivity contribution in [3.05, 3.63) is 59.0 Å². The van der Waals surface area contributed by atoms with Crippen LogP contribution in [0.3, 0.4) is 0 Å². The number of likely N-dealkylation sites (tertiary alicyclic amines) is 2. The summed E-state index contributed by atoms with van der Waals surface area (Å²) < 4.78 is 2.33. The van der Waals surface area contributed by atoms with Crippen molar-refractivity contribution in [2.75, 3.05) is 38.0 Å². The van der Waals surface area contributed by atoms with Gasteiger partial charge in [0.2, 0.25) is 0 Å². The first kappa shape index (κ1) is 23.2. The van der Waals surface area contributed by atoms with Crippen LogP contribution in [0.4, 0.5) is 5.69 Å². The van der Waals surface area contributed by atoms with E-state index in [1.54, 1.807) is 12.3 Å². The third kappa shape index (κ3) is 5.25. The zero-order valence-corrected chi connectivity index (χ0v) is 20.8. The number of hydrogen-bond donors (Lipinski definition) is 1. The molecule has 0 saturated carbocycles. The quantitative estimate of drug-likeness (QED) is 0.391. The van der Waals surface area contributed by atoms with E-state index in [2.05, 4.69) is 67.7 Å². The van der Waals surface area contributed by atoms with E-state index in [-0.39, 0.29) is 0 Å². The van der Waals surface area contributed by atoms with Crippen LogP contribution >= 0.6 is 11.6 Å². The highest BCUT2D eigenvalue weighted by molar-refractivity contribution is 6.29. The van der Waals surface area contributed by atoms with Crippen molar-refractivity contribution in [2.24, 2.45) is 0 Å². The molecule has 34 heavy (non-hydrogen) atoms. The molecule has 4 heterocycles. The zero-order valence-electron chi connectivity index (χ0n) is 20.1. The van der Waals surface area contributed by atoms with Gasteiger partial charge in [-0.15, -0.1) is 0 Å². The average Bonchev–Trinajstić information content (AvgIpc) is 3.52. The van der Waals surface area contributed by atoms with Crippen LogP contribution in [-0.4, -0.2) is 58.1 Å². The van der Waals surface area contributed by atoms with Crippen LogP contribution in [0.5, 0.6) is 0 Å². The molecule has 0 aliphatic carbocycles. The molecule has 0 spiro atoms. The second-order valence-electron chi connectivity index (χ2n) is 9.40. The van der Waals surface area contributed by atoms with Gasteiger partial charge in [-0.2, -0.15) is 0 Å². The molecule has 2 aromatic heterocycles. The number of nitrogens with one attached hydrogen (secondary N) is 1. The normalized spacial score (nSPS) is 17.7. The first-order chi connectivity index (χ1) is 16.7. The third-order valence-electron chi connectivity index (χ3n) is 7.29. The number of aromatic nitrogens is 2. The number of halogens is 1. The van der Waals surface area contributed by atoms with Crippen molar-refractivity contribution in [1.29, 1.82) is 0 Å². The first-order valence-electron chi connectivity index (χ1n) is 12.6. The lowest BCUT2D eigenvalue weighted by atomic mass is 10.0. The molecule has 5 rings (SSSR count). The van der Waals surface area contributed by atoms with Crippen LogP contribution in [-0.2, 0) is 13.1 Å². The van der Waals surface area contributed by atoms with E-state index in [4.69, 9.17) is 11.6 Å². The summed E-state index contributed by atoms with van der Waals surface area (Å²) in [5, 5.41) is 5.12. The topological polar surface area (TPSA) is 36.3 Å². The Morgan fingerprint density at radius 2 is 1.91 bits per heavy atom. The van der Waals surface area contributed by atoms with Gasteiger partial charge in [-0.3, -0.25) is 4.90 Å². The first-order valence-corrected chi connectivity index (χ1v) is 13.0. The molecule has 0 amide bonds. The van der Waals surface area contributed by atoms with Crippen LogP contribution < -0.4 is 5.32 Å². The number of anilines is 1. The third-order valence-corrected chi connectivity index (χ3v) is 7.51. The van der Waals surface area contributed by atoms with E-state index in [9.17, 15) is 0 Å². The standard InChI is InChI=1S/C28H34ClN5/c1-2-34-25(8-6-14-30-23-10-11-28(29)31-20-23)19-26-22(7-5-9-27(26)34)21-32-17-12-24(13-18-32)33-15-3-4-16-33/h5,7,9-11,19-20,24,30H,2-4,12-18,21H2,1H3. The number of piperidine rings is 1. The van der Waals surface area contributed by atoms with E-state index in [0.29, 0.717) is 11.7 Å². The Hall–Kier alpha value is -2.52. The van der Waals surface area contributed by atoms with Gasteiger partial charge in [-0.05, 0) is 94.5 Å². The summed E-state index contributed by atoms with van der Waals surface area (Å²) in [6, 6.07) is 13.5. The molecule has 1 aromatic carbocycles. The Morgan fingerprint density at radius 3 is 2.65 bits per heavy atom. The fourth-order valence-corrected chi connectivity index (χ4v) is 5.59. The van der Waals surface area contributed by atoms with Gasteiger partial charge in [0.15, 0.2) is 0 Å². The summed E-state index contributed by atoms with van der Waals surface area (Å²) in [5.41, 5.74) is 4.70. The molecule has 3 aromatic rings. The number of rotatable bonds is 6. The summed E-state index contributed by atoms with van der Waals surface area (Å²) in [7, 11) is 0. The fourth-order valence-electron chi connectivity index (χ4n) is 5.48. The summed E-state index contributed by atoms with van der Waals surface area (Å²) >= 11 is 5.86. The summed E-state index contributed by atoms with van der Waals surface area (Å²) in [5.74, 6) is 6.66. The van der Waals surface area contributed by atoms with Crippen LogP contribution in [0.1, 0.15) is 43.9 Å². The molecular formula is C28H34ClN5. The van der Waals surface area contributed by atoms with Crippen molar-refractivity contribution in [1.82, 2.24) is 19.4 Å². The molecule has 2 saturated heterocycles. The van der Waals surface area contributed by atoms with Crippen molar-refractivity contribution >= 4 is 28.2 Å². The lowest BCUT2D eigenvalue weighted by Gasteiger charge is -2.36. The van der Waals surface area contributed by atoms with Crippen molar-refractivity contribution < 1.29 is 0 Å². The maximum absolute atomic E-state index is 5.86. The van der Waals surface area contributed by atoms with Gasteiger partial charge in [0.25, 0.3) is 0 Å². The smallest absolute Gasteiger partial charge is 0.129 e. The van der Waals surface area contributed by atoms with Crippen LogP contribution in [0, 0.1) is 11.8 Å². The van der Waals surface area contributed by atoms with Crippen LogP contribution in [0.25, 0.3) is 10.9 Å². The van der Waals surface area contributed by atoms with Gasteiger partial charge in [-0.1, -0.05) is 29.7 Å². The summed E-state index contributed by atoms with van der Waals surface area (Å²) in [4.78, 5) is 9.46. The van der Waals surface area contributed by atoms with E-state index in [1.807, 2.05) is 6.07 Å². The lowest BCUT2D eigenvalue weighted by Crippen LogP contribution is -2.43. The van der Waals surface area contributed by atoms with Gasteiger partial charge >= 0.3 is 0 Å². The van der Waals surface area contributed by atoms with Crippen molar-refractivity contribution in [3.63, 3.8) is 0 Å². The van der Waals surface area contributed by atoms with Gasteiger partial charge in [-0.25, -0.2) is 4.98 Å². The highest BCUT2D eigenvalue weighted by atomic mass is 35.5. The predicted octanol–water partition coefficient (Wildman–Crippen LogP) is 5.23. The molecule has 0 bridgehead atoms. The minimum atomic E-state index is 0.496. The van der Waals surface area contributed by atoms with Crippen molar-refractivity contribution in [2.45, 2.75) is 51.7 Å². The van der Waals surface area contributed by atoms with E-state index in [1.165, 1.54) is 68.3 Å². The Balaban J connectivity index is 1.26. The molecule has 6 heteroatoms. The molecule has 178 valence electrons. The molecule has 1 N–H and O–H groups in total. The number of nitrogens with zero attached hydrogens (tertiary/aromatic N) is 4. The van der Waals surface area contributed by atoms with Gasteiger partial charge in [0.05, 0.1) is 24.1 Å². The minimum Gasteiger partial charge on any atom is -0.373 e. The molecular weight excluding hydrogens is 442 g/mol. The largest absolute Gasteiger partial charge is 0.373 e. The maximum atomic E-state index is 5.86. The Bertz CT molecular complexity index is 1160. The second kappa shape index (κ2) is 10.8. The minimum absolute atomic E-state index is 0.496. The van der Waals surface area contributed by atoms with Gasteiger partial charge < -0.3 is 14.8 Å². The summed E-state index contributed by atoms with van der Waals surface area (Å²) in [6.07, 6.45) is 7.11. The molecule has 0 radical (unpaired) electrons. The zero-order chi connectivity index (χ0) is 23.3. The number of benzene rings is 1. The van der Waals surface area contributed by atoms with Crippen molar-refractivity contribution in [3.8, 4) is 11.8 Å². The monoisotopic (exact) mass is 475 g/mol. The Morgan fingerprint density at radius 1 is 1.09 bits per heavy atom. The predicted molar refractivity (Wildman–Crippen MR) is 141 cm³/mol. The van der Waals surface area contributed by atoms with E-state index in [0.717, 1.165) is 30.5 Å².